The van der Waals surface area contributed by atoms with E-state index in [4.69, 9.17) is 14.3 Å². The van der Waals surface area contributed by atoms with Gasteiger partial charge in [0, 0.05) is 46.6 Å². The molecule has 156 valence electrons. The van der Waals surface area contributed by atoms with Gasteiger partial charge < -0.3 is 14.8 Å². The Hall–Kier alpha value is -3.07. The van der Waals surface area contributed by atoms with E-state index in [1.54, 1.807) is 6.07 Å². The summed E-state index contributed by atoms with van der Waals surface area (Å²) in [6.07, 6.45) is 3.61. The van der Waals surface area contributed by atoms with Crippen molar-refractivity contribution in [3.05, 3.63) is 59.8 Å². The predicted molar refractivity (Wildman–Crippen MR) is 112 cm³/mol. The van der Waals surface area contributed by atoms with Crippen LogP contribution in [-0.2, 0) is 16.4 Å². The molecule has 3 aromatic rings. The molecule has 1 unspecified atom stereocenters. The number of rotatable bonds is 2. The topological polar surface area (TPSA) is 81.9 Å². The van der Waals surface area contributed by atoms with Crippen molar-refractivity contribution >= 4 is 22.3 Å². The number of ether oxygens (including phenoxy) is 2. The van der Waals surface area contributed by atoms with Gasteiger partial charge in [0.05, 0.1) is 25.2 Å². The molecule has 0 aliphatic carbocycles. The molecule has 3 N–H and O–H groups in total. The summed E-state index contributed by atoms with van der Waals surface area (Å²) < 4.78 is 45.8. The van der Waals surface area contributed by atoms with Crippen LogP contribution in [0.5, 0.6) is 11.6 Å². The standard InChI is InChI=1S/C21H20F2N4O2S/c1-30(24)12-13-7-20-26-19-10-16(17(23)11-25-19)15-4-3-14(22)9-18(15)28-5-2-6-29-21(8-13)27-20/h3-4,7-11,24H,2,5-6,12H2,1H3,(H,25,26,27)/p+1. The Kier molecular flexibility index (Phi) is 5.89. The summed E-state index contributed by atoms with van der Waals surface area (Å²) >= 11 is 0. The number of nitrogens with one attached hydrogen (secondary N) is 1. The highest BCUT2D eigenvalue weighted by atomic mass is 32.2. The molecule has 30 heavy (non-hydrogen) atoms. The summed E-state index contributed by atoms with van der Waals surface area (Å²) in [5.41, 5.74) is 1.67. The fraction of sp³-hybridized carbons (Fsp3) is 0.238. The average Bonchev–Trinajstić information content (AvgIpc) is 2.68. The summed E-state index contributed by atoms with van der Waals surface area (Å²) in [7, 11) is -0.290. The second kappa shape index (κ2) is 8.74. The van der Waals surface area contributed by atoms with Crippen molar-refractivity contribution in [1.82, 2.24) is 9.97 Å². The Morgan fingerprint density at radius 3 is 2.73 bits per heavy atom. The molecule has 1 aromatic carbocycles. The molecule has 4 bridgehead atoms. The molecule has 2 aromatic heterocycles. The highest BCUT2D eigenvalue weighted by Gasteiger charge is 2.15. The minimum atomic E-state index is -0.534. The number of pyridine rings is 2. The maximum absolute atomic E-state index is 14.6. The Morgan fingerprint density at radius 1 is 1.07 bits per heavy atom. The Labute approximate surface area is 175 Å². The van der Waals surface area contributed by atoms with Gasteiger partial charge in [-0.2, -0.15) is 4.98 Å². The number of aromatic nitrogens is 2. The zero-order chi connectivity index (χ0) is 21.1. The van der Waals surface area contributed by atoms with Gasteiger partial charge in [0.25, 0.3) is 0 Å². The molecule has 0 spiro atoms. The van der Waals surface area contributed by atoms with E-state index in [0.717, 1.165) is 11.8 Å². The Balaban J connectivity index is 1.79. The minimum absolute atomic E-state index is 0.254. The van der Waals surface area contributed by atoms with Crippen molar-refractivity contribution in [2.24, 2.45) is 0 Å². The van der Waals surface area contributed by atoms with Gasteiger partial charge in [-0.05, 0) is 29.8 Å². The molecule has 1 aliphatic heterocycles. The number of halogens is 2. The highest BCUT2D eigenvalue weighted by Crippen LogP contribution is 2.34. The molecule has 1 atom stereocenters. The molecule has 0 saturated carbocycles. The maximum Gasteiger partial charge on any atom is 0.215 e. The maximum atomic E-state index is 14.6. The summed E-state index contributed by atoms with van der Waals surface area (Å²) in [4.78, 5) is 8.57. The number of fused-ring (bicyclic) bond motifs is 6. The van der Waals surface area contributed by atoms with E-state index in [0.29, 0.717) is 41.9 Å². The van der Waals surface area contributed by atoms with Crippen molar-refractivity contribution in [3.63, 3.8) is 0 Å². The van der Waals surface area contributed by atoms with E-state index in [9.17, 15) is 8.78 Å². The quantitative estimate of drug-likeness (QED) is 0.652. The van der Waals surface area contributed by atoms with Crippen LogP contribution >= 0.6 is 0 Å². The van der Waals surface area contributed by atoms with E-state index < -0.39 is 11.6 Å². The lowest BCUT2D eigenvalue weighted by Crippen LogP contribution is -2.34. The van der Waals surface area contributed by atoms with E-state index >= 15 is 0 Å². The van der Waals surface area contributed by atoms with E-state index in [1.807, 2.05) is 18.4 Å². The summed E-state index contributed by atoms with van der Waals surface area (Å²) in [6.45, 7) is 0.640. The summed E-state index contributed by atoms with van der Waals surface area (Å²) in [6, 6.07) is 9.28. The van der Waals surface area contributed by atoms with Gasteiger partial charge in [0.1, 0.15) is 29.0 Å². The van der Waals surface area contributed by atoms with Gasteiger partial charge in [-0.15, -0.1) is 0 Å². The molecule has 0 fully saturated rings. The van der Waals surface area contributed by atoms with Crippen molar-refractivity contribution in [1.29, 1.82) is 0 Å². The lowest BCUT2D eigenvalue weighted by Gasteiger charge is -2.16. The first-order valence-electron chi connectivity index (χ1n) is 9.34. The molecule has 3 heterocycles. The molecule has 6 nitrogen and oxygen atoms in total. The lowest BCUT2D eigenvalue weighted by molar-refractivity contribution is -0.0751. The fourth-order valence-electron chi connectivity index (χ4n) is 3.14. The minimum Gasteiger partial charge on any atom is -0.493 e. The third-order valence-corrected chi connectivity index (χ3v) is 5.19. The second-order valence-electron chi connectivity index (χ2n) is 6.90. The molecule has 4 rings (SSSR count). The van der Waals surface area contributed by atoms with Gasteiger partial charge in [-0.25, -0.2) is 18.5 Å². The normalized spacial score (nSPS) is 14.4. The number of anilines is 2. The number of nitrogens with zero attached hydrogens (tertiary/aromatic N) is 2. The van der Waals surface area contributed by atoms with Gasteiger partial charge >= 0.3 is 0 Å². The van der Waals surface area contributed by atoms with Crippen LogP contribution in [0, 0.1) is 11.6 Å². The largest absolute Gasteiger partial charge is 0.493 e. The first-order valence-corrected chi connectivity index (χ1v) is 11.2. The first-order chi connectivity index (χ1) is 14.5. The van der Waals surface area contributed by atoms with Crippen LogP contribution in [0.3, 0.4) is 0 Å². The van der Waals surface area contributed by atoms with Crippen LogP contribution in [0.2, 0.25) is 0 Å². The van der Waals surface area contributed by atoms with Gasteiger partial charge in [0.2, 0.25) is 5.88 Å². The van der Waals surface area contributed by atoms with Crippen molar-refractivity contribution in [2.75, 3.05) is 24.8 Å². The van der Waals surface area contributed by atoms with Crippen LogP contribution in [0.25, 0.3) is 11.1 Å². The Morgan fingerprint density at radius 2 is 1.90 bits per heavy atom. The van der Waals surface area contributed by atoms with Crippen molar-refractivity contribution < 1.29 is 23.0 Å². The number of benzene rings is 1. The van der Waals surface area contributed by atoms with E-state index in [2.05, 4.69) is 15.3 Å². The monoisotopic (exact) mass is 431 g/mol. The van der Waals surface area contributed by atoms with E-state index in [-0.39, 0.29) is 28.6 Å². The third-order valence-electron chi connectivity index (χ3n) is 4.40. The van der Waals surface area contributed by atoms with Crippen LogP contribution < -0.4 is 19.6 Å². The molecular formula is C21H21F2N4O2S+. The predicted octanol–water partition coefficient (Wildman–Crippen LogP) is 3.02. The number of nitrogens with two attached hydrogens (primary N) is 1. The second-order valence-corrected chi connectivity index (χ2v) is 8.57. The third kappa shape index (κ3) is 4.73. The van der Waals surface area contributed by atoms with Gasteiger partial charge in [0.15, 0.2) is 0 Å². The lowest BCUT2D eigenvalue weighted by atomic mass is 10.0. The van der Waals surface area contributed by atoms with Crippen molar-refractivity contribution in [3.8, 4) is 22.8 Å². The zero-order valence-corrected chi connectivity index (χ0v) is 17.1. The molecular weight excluding hydrogens is 410 g/mol. The molecule has 0 saturated heterocycles. The summed E-state index contributed by atoms with van der Waals surface area (Å²) in [5, 5.41) is 3.10. The van der Waals surface area contributed by atoms with Crippen LogP contribution in [0.4, 0.5) is 20.4 Å². The molecule has 0 amide bonds. The Bertz CT molecular complexity index is 1110. The summed E-state index contributed by atoms with van der Waals surface area (Å²) in [5.74, 6) is 1.31. The zero-order valence-electron chi connectivity index (χ0n) is 16.3. The molecule has 0 radical (unpaired) electrons. The van der Waals surface area contributed by atoms with Gasteiger partial charge in [-0.1, -0.05) is 0 Å². The van der Waals surface area contributed by atoms with E-state index in [1.165, 1.54) is 18.2 Å². The smallest absolute Gasteiger partial charge is 0.215 e. The molecule has 9 heteroatoms. The van der Waals surface area contributed by atoms with Crippen LogP contribution in [-0.4, -0.2) is 29.4 Å². The fourth-order valence-corrected chi connectivity index (χ4v) is 3.84. The van der Waals surface area contributed by atoms with Crippen molar-refractivity contribution in [2.45, 2.75) is 12.2 Å². The van der Waals surface area contributed by atoms with Gasteiger partial charge in [-0.3, -0.25) is 0 Å². The SMILES string of the molecule is CS(=[NH2+])Cc1cc2nc(c1)OCCCOc1cc(F)ccc1-c1cc(ncc1F)N2. The first kappa shape index (κ1) is 20.2. The molecule has 1 aliphatic rings. The average molecular weight is 431 g/mol. The highest BCUT2D eigenvalue weighted by molar-refractivity contribution is 7.82. The number of hydrogen-bond donors (Lipinski definition) is 2. The van der Waals surface area contributed by atoms with Crippen LogP contribution in [0.1, 0.15) is 12.0 Å². The van der Waals surface area contributed by atoms with Crippen LogP contribution in [0.15, 0.2) is 42.6 Å². The number of hydrogen-bond acceptors (Lipinski definition) is 5.